The zero-order chi connectivity index (χ0) is 12.2. The van der Waals surface area contributed by atoms with Gasteiger partial charge in [-0.3, -0.25) is 8.86 Å². The molecule has 0 aromatic carbocycles. The summed E-state index contributed by atoms with van der Waals surface area (Å²) in [5.41, 5.74) is 0. The molecule has 0 saturated carbocycles. The van der Waals surface area contributed by atoms with Gasteiger partial charge in [0.05, 0.1) is 23.9 Å². The first kappa shape index (κ1) is 13.5. The lowest BCUT2D eigenvalue weighted by Gasteiger charge is -2.03. The fourth-order valence-electron chi connectivity index (χ4n) is 0.975. The highest BCUT2D eigenvalue weighted by Crippen LogP contribution is 2.21. The smallest absolute Gasteiger partial charge is 0.264 e. The van der Waals surface area contributed by atoms with Gasteiger partial charge in [-0.25, -0.2) is 0 Å². The third-order valence-electron chi connectivity index (χ3n) is 1.58. The standard InChI is InChI=1S/C8H13BrN2O4S/c1-11-6-7(9)8(10-11)14-4-3-5-15-16(2,12)13/h6H,3-5H2,1-2H3. The lowest BCUT2D eigenvalue weighted by molar-refractivity contribution is 0.244. The van der Waals surface area contributed by atoms with Crippen LogP contribution in [0, 0.1) is 0 Å². The Hall–Kier alpha value is -0.600. The van der Waals surface area contributed by atoms with Gasteiger partial charge in [-0.15, -0.1) is 5.10 Å². The fraction of sp³-hybridized carbons (Fsp3) is 0.625. The zero-order valence-corrected chi connectivity index (χ0v) is 11.4. The SMILES string of the molecule is Cn1cc(Br)c(OCCCOS(C)(=O)=O)n1. The Balaban J connectivity index is 2.24. The first-order valence-corrected chi connectivity index (χ1v) is 7.16. The van der Waals surface area contributed by atoms with Gasteiger partial charge in [0, 0.05) is 19.7 Å². The van der Waals surface area contributed by atoms with Crippen LogP contribution >= 0.6 is 15.9 Å². The van der Waals surface area contributed by atoms with Crippen molar-refractivity contribution in [2.45, 2.75) is 6.42 Å². The largest absolute Gasteiger partial charge is 0.476 e. The molecule has 1 heterocycles. The maximum Gasteiger partial charge on any atom is 0.264 e. The van der Waals surface area contributed by atoms with Crippen LogP contribution < -0.4 is 4.74 Å². The Labute approximate surface area is 103 Å². The average Bonchev–Trinajstić information content (AvgIpc) is 2.42. The van der Waals surface area contributed by atoms with Crippen LogP contribution in [0.2, 0.25) is 0 Å². The lowest BCUT2D eigenvalue weighted by atomic mass is 10.5. The van der Waals surface area contributed by atoms with Crippen LogP contribution in [0.3, 0.4) is 0 Å². The van der Waals surface area contributed by atoms with Crippen LogP contribution in [0.1, 0.15) is 6.42 Å². The van der Waals surface area contributed by atoms with Crippen LogP contribution in [-0.2, 0) is 21.3 Å². The van der Waals surface area contributed by atoms with Crippen LogP contribution in [0.25, 0.3) is 0 Å². The van der Waals surface area contributed by atoms with Crippen LogP contribution in [0.15, 0.2) is 10.7 Å². The summed E-state index contributed by atoms with van der Waals surface area (Å²) in [5.74, 6) is 0.488. The van der Waals surface area contributed by atoms with E-state index in [4.69, 9.17) is 4.74 Å². The van der Waals surface area contributed by atoms with E-state index in [0.29, 0.717) is 18.9 Å². The Bertz CT molecular complexity index is 443. The molecule has 0 aliphatic heterocycles. The number of aromatic nitrogens is 2. The van der Waals surface area contributed by atoms with Crippen molar-refractivity contribution in [3.05, 3.63) is 10.7 Å². The topological polar surface area (TPSA) is 70.4 Å². The summed E-state index contributed by atoms with van der Waals surface area (Å²) in [5, 5.41) is 4.05. The Morgan fingerprint density at radius 1 is 1.50 bits per heavy atom. The van der Waals surface area contributed by atoms with Gasteiger partial charge in [-0.1, -0.05) is 0 Å². The minimum atomic E-state index is -3.36. The summed E-state index contributed by atoms with van der Waals surface area (Å²) in [6, 6.07) is 0. The van der Waals surface area contributed by atoms with Crippen LogP contribution in [-0.4, -0.2) is 37.7 Å². The number of hydrogen-bond donors (Lipinski definition) is 0. The molecule has 0 N–H and O–H groups in total. The van der Waals surface area contributed by atoms with Crippen molar-refractivity contribution in [3.63, 3.8) is 0 Å². The molecule has 1 aromatic heterocycles. The number of halogens is 1. The van der Waals surface area contributed by atoms with E-state index in [9.17, 15) is 8.42 Å². The summed E-state index contributed by atoms with van der Waals surface area (Å²) >= 11 is 3.28. The predicted octanol–water partition coefficient (Wildman–Crippen LogP) is 0.928. The molecule has 0 fully saturated rings. The molecule has 16 heavy (non-hydrogen) atoms. The van der Waals surface area contributed by atoms with Crippen LogP contribution in [0.5, 0.6) is 5.88 Å². The summed E-state index contributed by atoms with van der Waals surface area (Å²) in [7, 11) is -1.58. The van der Waals surface area contributed by atoms with Gasteiger partial charge in [-0.2, -0.15) is 8.42 Å². The summed E-state index contributed by atoms with van der Waals surface area (Å²) in [4.78, 5) is 0. The molecule has 0 aliphatic rings. The molecule has 0 atom stereocenters. The van der Waals surface area contributed by atoms with E-state index >= 15 is 0 Å². The normalized spacial score (nSPS) is 11.7. The second kappa shape index (κ2) is 5.65. The van der Waals surface area contributed by atoms with E-state index in [0.717, 1.165) is 10.7 Å². The van der Waals surface area contributed by atoms with Crippen molar-refractivity contribution in [1.82, 2.24) is 9.78 Å². The van der Waals surface area contributed by atoms with E-state index in [1.165, 1.54) is 0 Å². The molecule has 0 amide bonds. The lowest BCUT2D eigenvalue weighted by Crippen LogP contribution is -2.08. The molecule has 8 heteroatoms. The number of aryl methyl sites for hydroxylation is 1. The van der Waals surface area contributed by atoms with Crippen molar-refractivity contribution < 1.29 is 17.3 Å². The van der Waals surface area contributed by atoms with Gasteiger partial charge in [0.25, 0.3) is 10.1 Å². The molecule has 0 bridgehead atoms. The maximum absolute atomic E-state index is 10.6. The van der Waals surface area contributed by atoms with Gasteiger partial charge in [0.15, 0.2) is 0 Å². The second-order valence-corrected chi connectivity index (χ2v) is 5.68. The first-order chi connectivity index (χ1) is 7.38. The third kappa shape index (κ3) is 4.95. The fourth-order valence-corrected chi connectivity index (χ4v) is 1.89. The molecular formula is C8H13BrN2O4S. The van der Waals surface area contributed by atoms with Gasteiger partial charge in [-0.05, 0) is 15.9 Å². The van der Waals surface area contributed by atoms with E-state index in [2.05, 4.69) is 25.2 Å². The van der Waals surface area contributed by atoms with Crippen molar-refractivity contribution in [2.75, 3.05) is 19.5 Å². The monoisotopic (exact) mass is 312 g/mol. The number of ether oxygens (including phenoxy) is 1. The first-order valence-electron chi connectivity index (χ1n) is 4.55. The van der Waals surface area contributed by atoms with Crippen molar-refractivity contribution in [3.8, 4) is 5.88 Å². The van der Waals surface area contributed by atoms with Crippen molar-refractivity contribution in [1.29, 1.82) is 0 Å². The van der Waals surface area contributed by atoms with Crippen molar-refractivity contribution >= 4 is 26.0 Å². The molecule has 0 saturated heterocycles. The Kier molecular flexibility index (Phi) is 4.75. The highest BCUT2D eigenvalue weighted by atomic mass is 79.9. The summed E-state index contributed by atoms with van der Waals surface area (Å²) in [6.45, 7) is 0.467. The van der Waals surface area contributed by atoms with E-state index in [1.807, 2.05) is 0 Å². The molecule has 0 unspecified atom stereocenters. The summed E-state index contributed by atoms with van der Waals surface area (Å²) in [6.07, 6.45) is 3.27. The number of nitrogens with zero attached hydrogens (tertiary/aromatic N) is 2. The number of hydrogen-bond acceptors (Lipinski definition) is 5. The Morgan fingerprint density at radius 2 is 2.19 bits per heavy atom. The van der Waals surface area contributed by atoms with Crippen LogP contribution in [0.4, 0.5) is 0 Å². The second-order valence-electron chi connectivity index (χ2n) is 3.18. The molecule has 1 aromatic rings. The zero-order valence-electron chi connectivity index (χ0n) is 9.01. The molecular weight excluding hydrogens is 300 g/mol. The highest BCUT2D eigenvalue weighted by molar-refractivity contribution is 9.10. The molecule has 0 radical (unpaired) electrons. The molecule has 6 nitrogen and oxygen atoms in total. The Morgan fingerprint density at radius 3 is 2.69 bits per heavy atom. The molecule has 0 aliphatic carbocycles. The quantitative estimate of drug-likeness (QED) is 0.577. The molecule has 1 rings (SSSR count). The predicted molar refractivity (Wildman–Crippen MR) is 61.8 cm³/mol. The molecule has 92 valence electrons. The van der Waals surface area contributed by atoms with Gasteiger partial charge in [0.2, 0.25) is 5.88 Å². The van der Waals surface area contributed by atoms with E-state index in [-0.39, 0.29) is 6.61 Å². The van der Waals surface area contributed by atoms with Gasteiger partial charge < -0.3 is 4.74 Å². The van der Waals surface area contributed by atoms with Gasteiger partial charge in [0.1, 0.15) is 0 Å². The highest BCUT2D eigenvalue weighted by Gasteiger charge is 2.06. The van der Waals surface area contributed by atoms with Gasteiger partial charge >= 0.3 is 0 Å². The maximum atomic E-state index is 10.6. The minimum Gasteiger partial charge on any atom is -0.476 e. The van der Waals surface area contributed by atoms with E-state index < -0.39 is 10.1 Å². The average molecular weight is 313 g/mol. The third-order valence-corrected chi connectivity index (χ3v) is 2.72. The number of rotatable bonds is 6. The summed E-state index contributed by atoms with van der Waals surface area (Å²) < 4.78 is 33.5. The van der Waals surface area contributed by atoms with E-state index in [1.54, 1.807) is 17.9 Å². The minimum absolute atomic E-state index is 0.114. The molecule has 0 spiro atoms. The van der Waals surface area contributed by atoms with Crippen molar-refractivity contribution in [2.24, 2.45) is 7.05 Å².